The smallest absolute Gasteiger partial charge is 0.342 e. The van der Waals surface area contributed by atoms with Crippen molar-refractivity contribution in [2.75, 3.05) is 20.8 Å². The van der Waals surface area contributed by atoms with Crippen LogP contribution in [0.5, 0.6) is 11.5 Å². The summed E-state index contributed by atoms with van der Waals surface area (Å²) in [6.07, 6.45) is 0. The number of ether oxygens (including phenoxy) is 3. The average molecular weight is 332 g/mol. The molecule has 0 bridgehead atoms. The minimum atomic E-state index is -0.573. The number of carbonyl (C=O) groups is 2. The van der Waals surface area contributed by atoms with Crippen LogP contribution >= 0.6 is 0 Å². The van der Waals surface area contributed by atoms with E-state index in [1.54, 1.807) is 39.0 Å². The highest BCUT2D eigenvalue weighted by molar-refractivity contribution is 6.00. The van der Waals surface area contributed by atoms with Crippen LogP contribution in [0.4, 0.5) is 0 Å². The van der Waals surface area contributed by atoms with Crippen LogP contribution in [0.15, 0.2) is 22.6 Å². The zero-order chi connectivity index (χ0) is 17.9. The Kier molecular flexibility index (Phi) is 5.28. The minimum Gasteiger partial charge on any atom is -0.493 e. The molecular weight excluding hydrogens is 312 g/mol. The highest BCUT2D eigenvalue weighted by atomic mass is 16.5. The first-order valence-corrected chi connectivity index (χ1v) is 7.38. The van der Waals surface area contributed by atoms with E-state index < -0.39 is 5.97 Å². The van der Waals surface area contributed by atoms with Crippen LogP contribution in [0.3, 0.4) is 0 Å². The number of carbonyl (C=O) groups excluding carboxylic acids is 2. The topological polar surface area (TPSA) is 75.0 Å². The van der Waals surface area contributed by atoms with E-state index in [1.165, 1.54) is 14.2 Å². The number of hydrogen-bond donors (Lipinski definition) is 0. The van der Waals surface area contributed by atoms with Crippen molar-refractivity contribution in [2.45, 2.75) is 20.8 Å². The minimum absolute atomic E-state index is 0.333. The van der Waals surface area contributed by atoms with Gasteiger partial charge in [0.05, 0.1) is 14.2 Å². The predicted octanol–water partition coefficient (Wildman–Crippen LogP) is 3.26. The lowest BCUT2D eigenvalue weighted by Gasteiger charge is -2.09. The summed E-state index contributed by atoms with van der Waals surface area (Å²) >= 11 is 0. The zero-order valence-corrected chi connectivity index (χ0v) is 14.4. The van der Waals surface area contributed by atoms with E-state index in [9.17, 15) is 9.59 Å². The molecule has 0 atom stereocenters. The number of esters is 1. The van der Waals surface area contributed by atoms with E-state index in [2.05, 4.69) is 0 Å². The van der Waals surface area contributed by atoms with Crippen LogP contribution in [-0.2, 0) is 4.74 Å². The van der Waals surface area contributed by atoms with Gasteiger partial charge in [0.15, 0.2) is 23.9 Å². The lowest BCUT2D eigenvalue weighted by Crippen LogP contribution is -2.15. The van der Waals surface area contributed by atoms with Crippen molar-refractivity contribution >= 4 is 11.8 Å². The summed E-state index contributed by atoms with van der Waals surface area (Å²) in [4.78, 5) is 24.4. The Morgan fingerprint density at radius 1 is 1.00 bits per heavy atom. The van der Waals surface area contributed by atoms with Crippen molar-refractivity contribution in [1.29, 1.82) is 0 Å². The normalized spacial score (nSPS) is 10.4. The molecule has 24 heavy (non-hydrogen) atoms. The fourth-order valence-electron chi connectivity index (χ4n) is 2.39. The van der Waals surface area contributed by atoms with Gasteiger partial charge in [-0.3, -0.25) is 4.79 Å². The third-order valence-corrected chi connectivity index (χ3v) is 3.81. The van der Waals surface area contributed by atoms with E-state index >= 15 is 0 Å². The Morgan fingerprint density at radius 3 is 2.21 bits per heavy atom. The van der Waals surface area contributed by atoms with E-state index in [1.807, 2.05) is 0 Å². The summed E-state index contributed by atoms with van der Waals surface area (Å²) < 4.78 is 20.8. The molecule has 1 aromatic heterocycles. The monoisotopic (exact) mass is 332 g/mol. The van der Waals surface area contributed by atoms with E-state index in [4.69, 9.17) is 18.6 Å². The van der Waals surface area contributed by atoms with Gasteiger partial charge in [-0.2, -0.15) is 0 Å². The fraction of sp³-hybridized carbons (Fsp3) is 0.333. The second-order valence-corrected chi connectivity index (χ2v) is 5.28. The maximum Gasteiger partial charge on any atom is 0.342 e. The standard InChI is InChI=1S/C18H20O6/c1-10-11(2)24-12(3)17(10)18(20)23-9-14(19)13-6-7-15(21-4)16(8-13)22-5/h6-8H,9H2,1-5H3. The van der Waals surface area contributed by atoms with Crippen molar-refractivity contribution in [3.8, 4) is 11.5 Å². The summed E-state index contributed by atoms with van der Waals surface area (Å²) in [7, 11) is 3.00. The zero-order valence-electron chi connectivity index (χ0n) is 14.4. The molecule has 0 fully saturated rings. The highest BCUT2D eigenvalue weighted by Gasteiger charge is 2.21. The number of methoxy groups -OCH3 is 2. The molecular formula is C18H20O6. The molecule has 6 heteroatoms. The molecule has 0 aliphatic rings. The number of hydrogen-bond acceptors (Lipinski definition) is 6. The summed E-state index contributed by atoms with van der Waals surface area (Å²) in [6, 6.07) is 4.77. The second kappa shape index (κ2) is 7.21. The number of Topliss-reactive ketones (excluding diaryl/α,β-unsaturated/α-hetero) is 1. The lowest BCUT2D eigenvalue weighted by molar-refractivity contribution is 0.0472. The molecule has 1 aromatic carbocycles. The molecule has 0 saturated carbocycles. The van der Waals surface area contributed by atoms with Crippen molar-refractivity contribution in [2.24, 2.45) is 0 Å². The third kappa shape index (κ3) is 3.42. The predicted molar refractivity (Wildman–Crippen MR) is 87.1 cm³/mol. The summed E-state index contributed by atoms with van der Waals surface area (Å²) in [5, 5.41) is 0. The Balaban J connectivity index is 2.09. The molecule has 0 unspecified atom stereocenters. The average Bonchev–Trinajstić information content (AvgIpc) is 2.83. The van der Waals surface area contributed by atoms with Gasteiger partial charge in [0.1, 0.15) is 17.1 Å². The van der Waals surface area contributed by atoms with Crippen molar-refractivity contribution in [3.05, 3.63) is 46.4 Å². The molecule has 0 radical (unpaired) electrons. The number of furan rings is 1. The van der Waals surface area contributed by atoms with Crippen molar-refractivity contribution in [1.82, 2.24) is 0 Å². The molecule has 0 amide bonds. The van der Waals surface area contributed by atoms with Crippen LogP contribution in [-0.4, -0.2) is 32.6 Å². The van der Waals surface area contributed by atoms with Gasteiger partial charge in [-0.05, 0) is 39.0 Å². The van der Waals surface area contributed by atoms with Gasteiger partial charge >= 0.3 is 5.97 Å². The maximum atomic E-state index is 12.2. The second-order valence-electron chi connectivity index (χ2n) is 5.28. The van der Waals surface area contributed by atoms with Crippen LogP contribution in [0, 0.1) is 20.8 Å². The fourth-order valence-corrected chi connectivity index (χ4v) is 2.39. The molecule has 2 rings (SSSR count). The SMILES string of the molecule is COc1ccc(C(=O)COC(=O)c2c(C)oc(C)c2C)cc1OC. The Hall–Kier alpha value is -2.76. The van der Waals surface area contributed by atoms with E-state index in [0.29, 0.717) is 34.1 Å². The highest BCUT2D eigenvalue weighted by Crippen LogP contribution is 2.28. The number of aryl methyl sites for hydroxylation is 2. The van der Waals surface area contributed by atoms with Gasteiger partial charge in [-0.15, -0.1) is 0 Å². The van der Waals surface area contributed by atoms with Gasteiger partial charge in [-0.25, -0.2) is 4.79 Å². The first-order chi connectivity index (χ1) is 11.4. The van der Waals surface area contributed by atoms with Crippen LogP contribution in [0.25, 0.3) is 0 Å². The first kappa shape index (κ1) is 17.6. The van der Waals surface area contributed by atoms with E-state index in [-0.39, 0.29) is 12.4 Å². The van der Waals surface area contributed by atoms with Gasteiger partial charge in [0.25, 0.3) is 0 Å². The molecule has 128 valence electrons. The molecule has 0 spiro atoms. The largest absolute Gasteiger partial charge is 0.493 e. The molecule has 0 aliphatic carbocycles. The molecule has 1 heterocycles. The molecule has 0 saturated heterocycles. The molecule has 6 nitrogen and oxygen atoms in total. The van der Waals surface area contributed by atoms with Gasteiger partial charge < -0.3 is 18.6 Å². The quantitative estimate of drug-likeness (QED) is 0.597. The third-order valence-electron chi connectivity index (χ3n) is 3.81. The number of rotatable bonds is 6. The lowest BCUT2D eigenvalue weighted by atomic mass is 10.1. The Labute approximate surface area is 140 Å². The first-order valence-electron chi connectivity index (χ1n) is 7.38. The molecule has 0 N–H and O–H groups in total. The van der Waals surface area contributed by atoms with Gasteiger partial charge in [0, 0.05) is 11.1 Å². The summed E-state index contributed by atoms with van der Waals surface area (Å²) in [5.74, 6) is 1.19. The number of ketones is 1. The van der Waals surface area contributed by atoms with Crippen molar-refractivity contribution < 1.29 is 28.2 Å². The summed E-state index contributed by atoms with van der Waals surface area (Å²) in [6.45, 7) is 4.87. The van der Waals surface area contributed by atoms with Crippen molar-refractivity contribution in [3.63, 3.8) is 0 Å². The van der Waals surface area contributed by atoms with Crippen LogP contribution in [0.1, 0.15) is 37.8 Å². The number of benzene rings is 1. The molecule has 2 aromatic rings. The Morgan fingerprint density at radius 2 is 1.67 bits per heavy atom. The van der Waals surface area contributed by atoms with Crippen LogP contribution in [0.2, 0.25) is 0 Å². The van der Waals surface area contributed by atoms with E-state index in [0.717, 1.165) is 5.56 Å². The summed E-state index contributed by atoms with van der Waals surface area (Å²) in [5.41, 5.74) is 1.46. The van der Waals surface area contributed by atoms with Gasteiger partial charge in [-0.1, -0.05) is 0 Å². The maximum absolute atomic E-state index is 12.2. The molecule has 0 aliphatic heterocycles. The van der Waals surface area contributed by atoms with Gasteiger partial charge in [0.2, 0.25) is 0 Å². The van der Waals surface area contributed by atoms with Crippen LogP contribution < -0.4 is 9.47 Å². The Bertz CT molecular complexity index is 772.